The normalized spacial score (nSPS) is 18.1. The largest absolute Gasteiger partial charge is 0.369 e. The number of anilines is 1. The van der Waals surface area contributed by atoms with Gasteiger partial charge in [-0.1, -0.05) is 30.3 Å². The molecule has 0 spiro atoms. The second kappa shape index (κ2) is 6.78. The fourth-order valence-corrected chi connectivity index (χ4v) is 4.24. The average Bonchev–Trinajstić information content (AvgIpc) is 2.73. The van der Waals surface area contributed by atoms with Gasteiger partial charge in [0.1, 0.15) is 4.60 Å². The number of fused-ring (bicyclic) bond motifs is 3. The maximum absolute atomic E-state index is 4.81. The Labute approximate surface area is 177 Å². The molecule has 1 aliphatic heterocycles. The molecule has 1 N–H and O–H groups in total. The molecule has 5 rings (SSSR count). The van der Waals surface area contributed by atoms with Crippen LogP contribution >= 0.6 is 15.9 Å². The van der Waals surface area contributed by atoms with Crippen molar-refractivity contribution in [2.45, 2.75) is 19.4 Å². The highest BCUT2D eigenvalue weighted by Crippen LogP contribution is 2.43. The van der Waals surface area contributed by atoms with Crippen molar-refractivity contribution in [2.24, 2.45) is 0 Å². The number of halogens is 1. The Hall–Kier alpha value is -3.05. The summed E-state index contributed by atoms with van der Waals surface area (Å²) in [4.78, 5) is 14.2. The minimum atomic E-state index is -0.511. The summed E-state index contributed by atoms with van der Waals surface area (Å²) in [6.07, 6.45) is 4.06. The second-order valence-electron chi connectivity index (χ2n) is 7.46. The van der Waals surface area contributed by atoms with Gasteiger partial charge < -0.3 is 5.32 Å². The van der Waals surface area contributed by atoms with Crippen LogP contribution in [-0.2, 0) is 5.54 Å². The van der Waals surface area contributed by atoms with E-state index in [1.807, 2.05) is 49.5 Å². The lowest BCUT2D eigenvalue weighted by Crippen LogP contribution is -2.34. The van der Waals surface area contributed by atoms with E-state index in [-0.39, 0.29) is 0 Å². The lowest BCUT2D eigenvalue weighted by atomic mass is 9.84. The minimum Gasteiger partial charge on any atom is -0.369 e. The summed E-state index contributed by atoms with van der Waals surface area (Å²) in [6, 6.07) is 20.4. The third-order valence-electron chi connectivity index (χ3n) is 5.29. The van der Waals surface area contributed by atoms with Gasteiger partial charge in [0, 0.05) is 28.4 Å². The van der Waals surface area contributed by atoms with E-state index < -0.39 is 5.54 Å². The van der Waals surface area contributed by atoms with Crippen LogP contribution in [0.15, 0.2) is 77.5 Å². The summed E-state index contributed by atoms with van der Waals surface area (Å²) in [5.74, 6) is 0. The summed E-state index contributed by atoms with van der Waals surface area (Å²) >= 11 is 3.51. The molecule has 29 heavy (non-hydrogen) atoms. The molecule has 3 aromatic heterocycles. The summed E-state index contributed by atoms with van der Waals surface area (Å²) in [5, 5.41) is 4.82. The molecule has 5 heteroatoms. The van der Waals surface area contributed by atoms with Gasteiger partial charge in [-0.05, 0) is 66.2 Å². The molecule has 0 saturated carbocycles. The predicted octanol–water partition coefficient (Wildman–Crippen LogP) is 5.87. The van der Waals surface area contributed by atoms with Gasteiger partial charge in [-0.2, -0.15) is 0 Å². The third-order valence-corrected chi connectivity index (χ3v) is 5.74. The highest BCUT2D eigenvalue weighted by molar-refractivity contribution is 9.10. The van der Waals surface area contributed by atoms with Crippen LogP contribution in [-0.4, -0.2) is 15.0 Å². The van der Waals surface area contributed by atoms with E-state index >= 15 is 0 Å². The van der Waals surface area contributed by atoms with Crippen molar-refractivity contribution in [3.8, 4) is 0 Å². The molecule has 0 bridgehead atoms. The van der Waals surface area contributed by atoms with Crippen molar-refractivity contribution < 1.29 is 0 Å². The molecule has 0 fully saturated rings. The van der Waals surface area contributed by atoms with Gasteiger partial charge in [-0.15, -0.1) is 0 Å². The molecule has 0 saturated heterocycles. The van der Waals surface area contributed by atoms with Gasteiger partial charge in [0.15, 0.2) is 0 Å². The van der Waals surface area contributed by atoms with E-state index in [1.54, 1.807) is 0 Å². The molecule has 1 unspecified atom stereocenters. The first-order valence-corrected chi connectivity index (χ1v) is 10.3. The number of hydrogen-bond donors (Lipinski definition) is 1. The highest BCUT2D eigenvalue weighted by Gasteiger charge is 2.33. The lowest BCUT2D eigenvalue weighted by molar-refractivity contribution is 0.657. The van der Waals surface area contributed by atoms with Crippen LogP contribution in [0.1, 0.15) is 29.6 Å². The highest BCUT2D eigenvalue weighted by atomic mass is 79.9. The number of aryl methyl sites for hydroxylation is 1. The Balaban J connectivity index is 1.81. The van der Waals surface area contributed by atoms with Crippen LogP contribution in [0.25, 0.3) is 16.5 Å². The number of benzene rings is 1. The molecule has 142 valence electrons. The molecule has 4 aromatic rings. The Morgan fingerprint density at radius 2 is 1.79 bits per heavy atom. The summed E-state index contributed by atoms with van der Waals surface area (Å²) in [6.45, 7) is 4.16. The van der Waals surface area contributed by atoms with Gasteiger partial charge in [0.05, 0.1) is 28.1 Å². The van der Waals surface area contributed by atoms with Gasteiger partial charge in [0.2, 0.25) is 0 Å². The van der Waals surface area contributed by atoms with Crippen LogP contribution < -0.4 is 5.32 Å². The van der Waals surface area contributed by atoms with Crippen molar-refractivity contribution in [3.05, 3.63) is 100 Å². The summed E-state index contributed by atoms with van der Waals surface area (Å²) in [5.41, 5.74) is 6.49. The van der Waals surface area contributed by atoms with E-state index in [4.69, 9.17) is 9.97 Å². The van der Waals surface area contributed by atoms with Gasteiger partial charge in [-0.25, -0.2) is 4.98 Å². The monoisotopic (exact) mass is 442 g/mol. The molecule has 1 atom stereocenters. The maximum Gasteiger partial charge on any atom is 0.106 e. The lowest BCUT2D eigenvalue weighted by Gasteiger charge is -2.35. The van der Waals surface area contributed by atoms with Crippen LogP contribution in [0, 0.1) is 6.92 Å². The molecule has 0 aliphatic carbocycles. The van der Waals surface area contributed by atoms with E-state index in [0.717, 1.165) is 49.4 Å². The van der Waals surface area contributed by atoms with Crippen molar-refractivity contribution in [3.63, 3.8) is 0 Å². The Morgan fingerprint density at radius 1 is 0.931 bits per heavy atom. The van der Waals surface area contributed by atoms with Crippen molar-refractivity contribution in [2.75, 3.05) is 5.32 Å². The van der Waals surface area contributed by atoms with E-state index in [1.165, 1.54) is 0 Å². The molecule has 1 aliphatic rings. The van der Waals surface area contributed by atoms with Gasteiger partial charge in [-0.3, -0.25) is 9.97 Å². The molecule has 4 nitrogen and oxygen atoms in total. The van der Waals surface area contributed by atoms with Crippen LogP contribution in [0.4, 0.5) is 5.69 Å². The van der Waals surface area contributed by atoms with Crippen molar-refractivity contribution in [1.29, 1.82) is 0 Å². The SMILES string of the molecule is Cc1cccc(C2=CC(C)(c3cccc(Br)n3)Nc3c2ccc2cccnc32)n1. The van der Waals surface area contributed by atoms with E-state index in [2.05, 4.69) is 63.5 Å². The zero-order chi connectivity index (χ0) is 20.0. The number of nitrogens with zero attached hydrogens (tertiary/aromatic N) is 3. The fourth-order valence-electron chi connectivity index (χ4n) is 3.90. The predicted molar refractivity (Wildman–Crippen MR) is 121 cm³/mol. The van der Waals surface area contributed by atoms with Crippen LogP contribution in [0.2, 0.25) is 0 Å². The molecule has 0 amide bonds. The number of aromatic nitrogens is 3. The first-order valence-electron chi connectivity index (χ1n) is 9.50. The third kappa shape index (κ3) is 3.12. The molecular weight excluding hydrogens is 424 g/mol. The second-order valence-corrected chi connectivity index (χ2v) is 8.27. The number of pyridine rings is 3. The first kappa shape index (κ1) is 18.0. The standard InChI is InChI=1S/C24H19BrN4/c1-15-6-3-8-19(27-15)18-14-24(2,20-9-4-10-21(25)28-20)29-23-17(18)12-11-16-7-5-13-26-22(16)23/h3-14,29H,1-2H3. The number of rotatable bonds is 2. The Morgan fingerprint density at radius 3 is 2.62 bits per heavy atom. The van der Waals surface area contributed by atoms with E-state index in [0.29, 0.717) is 0 Å². The summed E-state index contributed by atoms with van der Waals surface area (Å²) in [7, 11) is 0. The molecule has 1 aromatic carbocycles. The van der Waals surface area contributed by atoms with Gasteiger partial charge in [0.25, 0.3) is 0 Å². The molecular formula is C24H19BrN4. The van der Waals surface area contributed by atoms with Crippen molar-refractivity contribution in [1.82, 2.24) is 15.0 Å². The smallest absolute Gasteiger partial charge is 0.106 e. The average molecular weight is 443 g/mol. The van der Waals surface area contributed by atoms with Crippen molar-refractivity contribution >= 4 is 38.1 Å². The molecule has 0 radical (unpaired) electrons. The Kier molecular flexibility index (Phi) is 4.21. The zero-order valence-electron chi connectivity index (χ0n) is 16.1. The fraction of sp³-hybridized carbons (Fsp3) is 0.125. The Bertz CT molecular complexity index is 1280. The van der Waals surface area contributed by atoms with E-state index in [9.17, 15) is 0 Å². The zero-order valence-corrected chi connectivity index (χ0v) is 17.7. The number of hydrogen-bond acceptors (Lipinski definition) is 4. The maximum atomic E-state index is 4.81. The first-order chi connectivity index (χ1) is 14.0. The minimum absolute atomic E-state index is 0.511. The van der Waals surface area contributed by atoms with Gasteiger partial charge >= 0.3 is 0 Å². The molecule has 4 heterocycles. The quantitative estimate of drug-likeness (QED) is 0.394. The number of nitrogens with one attached hydrogen (secondary N) is 1. The van der Waals surface area contributed by atoms with Crippen LogP contribution in [0.5, 0.6) is 0 Å². The topological polar surface area (TPSA) is 50.7 Å². The van der Waals surface area contributed by atoms with Crippen LogP contribution in [0.3, 0.4) is 0 Å². The summed E-state index contributed by atoms with van der Waals surface area (Å²) < 4.78 is 0.809.